The summed E-state index contributed by atoms with van der Waals surface area (Å²) in [5.74, 6) is -1.03. The second kappa shape index (κ2) is 6.07. The van der Waals surface area contributed by atoms with Gasteiger partial charge in [0, 0.05) is 27.0 Å². The summed E-state index contributed by atoms with van der Waals surface area (Å²) in [5, 5.41) is 13.2. The molecule has 0 aliphatic rings. The number of carboxylic acids is 1. The second-order valence-electron chi connectivity index (χ2n) is 4.15. The van der Waals surface area contributed by atoms with Gasteiger partial charge in [0.25, 0.3) is 0 Å². The fourth-order valence-electron chi connectivity index (χ4n) is 1.60. The zero-order chi connectivity index (χ0) is 15.6. The second-order valence-corrected chi connectivity index (χ2v) is 6.00. The Morgan fingerprint density at radius 2 is 2.05 bits per heavy atom. The Kier molecular flexibility index (Phi) is 4.58. The van der Waals surface area contributed by atoms with E-state index in [1.807, 2.05) is 0 Å². The predicted octanol–water partition coefficient (Wildman–Crippen LogP) is 4.84. The minimum absolute atomic E-state index is 0.167. The Labute approximate surface area is 130 Å². The summed E-state index contributed by atoms with van der Waals surface area (Å²) in [6.45, 7) is 0.248. The molecule has 0 aliphatic carbocycles. The number of rotatable bonds is 4. The topological polar surface area (TPSA) is 49.3 Å². The van der Waals surface area contributed by atoms with E-state index in [1.165, 1.54) is 28.8 Å². The number of carboxylic acid groups (broad SMARTS) is 1. The molecule has 21 heavy (non-hydrogen) atoms. The molecule has 0 amide bonds. The third-order valence-electron chi connectivity index (χ3n) is 2.65. The van der Waals surface area contributed by atoms with Gasteiger partial charge in [-0.25, -0.2) is 4.79 Å². The van der Waals surface area contributed by atoms with E-state index in [0.29, 0.717) is 10.2 Å². The van der Waals surface area contributed by atoms with E-state index < -0.39 is 17.7 Å². The molecule has 2 N–H and O–H groups in total. The monoisotopic (exact) mass is 379 g/mol. The molecular formula is C13H9BrF3NO2S. The van der Waals surface area contributed by atoms with Gasteiger partial charge in [0.2, 0.25) is 0 Å². The SMILES string of the molecule is O=C(O)c1csc(CNc2cc(C(F)(F)F)ccc2Br)c1. The first kappa shape index (κ1) is 15.8. The molecule has 2 aromatic rings. The standard InChI is InChI=1S/C13H9BrF3NO2S/c14-10-2-1-8(13(15,16)17)4-11(10)18-5-9-3-7(6-21-9)12(19)20/h1-4,6,18H,5H2,(H,19,20). The molecule has 1 aromatic heterocycles. The highest BCUT2D eigenvalue weighted by Crippen LogP contribution is 2.34. The van der Waals surface area contributed by atoms with Crippen LogP contribution < -0.4 is 5.32 Å². The molecule has 0 spiro atoms. The summed E-state index contributed by atoms with van der Waals surface area (Å²) in [6, 6.07) is 4.81. The molecule has 0 radical (unpaired) electrons. The molecule has 0 bridgehead atoms. The number of alkyl halides is 3. The van der Waals surface area contributed by atoms with Crippen molar-refractivity contribution in [3.63, 3.8) is 0 Å². The third-order valence-corrected chi connectivity index (χ3v) is 4.28. The van der Waals surface area contributed by atoms with Crippen LogP contribution in [0.4, 0.5) is 18.9 Å². The Hall–Kier alpha value is -1.54. The van der Waals surface area contributed by atoms with Gasteiger partial charge in [0.1, 0.15) is 0 Å². The lowest BCUT2D eigenvalue weighted by Gasteiger charge is -2.12. The molecule has 1 aromatic carbocycles. The first-order valence-electron chi connectivity index (χ1n) is 5.68. The van der Waals surface area contributed by atoms with Crippen LogP contribution in [0, 0.1) is 0 Å². The largest absolute Gasteiger partial charge is 0.478 e. The molecule has 3 nitrogen and oxygen atoms in total. The molecule has 0 aliphatic heterocycles. The normalized spacial score (nSPS) is 11.4. The smallest absolute Gasteiger partial charge is 0.416 e. The van der Waals surface area contributed by atoms with Crippen molar-refractivity contribution in [2.24, 2.45) is 0 Å². The zero-order valence-corrected chi connectivity index (χ0v) is 12.8. The summed E-state index contributed by atoms with van der Waals surface area (Å²) in [6.07, 6.45) is -4.41. The molecule has 0 atom stereocenters. The van der Waals surface area contributed by atoms with Crippen LogP contribution in [0.25, 0.3) is 0 Å². The number of nitrogens with one attached hydrogen (secondary N) is 1. The molecule has 8 heteroatoms. The quantitative estimate of drug-likeness (QED) is 0.798. The van der Waals surface area contributed by atoms with Crippen LogP contribution in [-0.4, -0.2) is 11.1 Å². The van der Waals surface area contributed by atoms with Gasteiger partial charge in [-0.05, 0) is 40.2 Å². The highest BCUT2D eigenvalue weighted by molar-refractivity contribution is 9.10. The summed E-state index contributed by atoms with van der Waals surface area (Å²) in [7, 11) is 0. The van der Waals surface area contributed by atoms with Crippen molar-refractivity contribution >= 4 is 38.9 Å². The Bertz CT molecular complexity index is 670. The molecule has 112 valence electrons. The number of hydrogen-bond acceptors (Lipinski definition) is 3. The maximum Gasteiger partial charge on any atom is 0.416 e. The van der Waals surface area contributed by atoms with Gasteiger partial charge in [-0.15, -0.1) is 11.3 Å². The van der Waals surface area contributed by atoms with Crippen LogP contribution in [0.5, 0.6) is 0 Å². The average molecular weight is 380 g/mol. The number of thiophene rings is 1. The minimum atomic E-state index is -4.41. The Balaban J connectivity index is 2.13. The van der Waals surface area contributed by atoms with Gasteiger partial charge < -0.3 is 10.4 Å². The predicted molar refractivity (Wildman–Crippen MR) is 77.7 cm³/mol. The number of carbonyl (C=O) groups is 1. The van der Waals surface area contributed by atoms with Crippen LogP contribution >= 0.6 is 27.3 Å². The van der Waals surface area contributed by atoms with E-state index in [4.69, 9.17) is 5.11 Å². The van der Waals surface area contributed by atoms with Gasteiger partial charge >= 0.3 is 12.1 Å². The van der Waals surface area contributed by atoms with Gasteiger partial charge in [0.05, 0.1) is 11.1 Å². The zero-order valence-electron chi connectivity index (χ0n) is 10.4. The van der Waals surface area contributed by atoms with Crippen molar-refractivity contribution in [1.82, 2.24) is 0 Å². The lowest BCUT2D eigenvalue weighted by Crippen LogP contribution is -2.06. The number of benzene rings is 1. The van der Waals surface area contributed by atoms with Crippen LogP contribution in [0.3, 0.4) is 0 Å². The molecule has 2 rings (SSSR count). The van der Waals surface area contributed by atoms with E-state index in [2.05, 4.69) is 21.2 Å². The molecule has 0 saturated carbocycles. The Morgan fingerprint density at radius 1 is 1.33 bits per heavy atom. The summed E-state index contributed by atoms with van der Waals surface area (Å²) >= 11 is 4.41. The van der Waals surface area contributed by atoms with E-state index in [1.54, 1.807) is 0 Å². The third kappa shape index (κ3) is 3.98. The van der Waals surface area contributed by atoms with E-state index in [9.17, 15) is 18.0 Å². The van der Waals surface area contributed by atoms with Gasteiger partial charge in [-0.2, -0.15) is 13.2 Å². The maximum absolute atomic E-state index is 12.6. The highest BCUT2D eigenvalue weighted by Gasteiger charge is 2.30. The van der Waals surface area contributed by atoms with Crippen molar-refractivity contribution in [3.8, 4) is 0 Å². The molecule has 0 unspecified atom stereocenters. The summed E-state index contributed by atoms with van der Waals surface area (Å²) in [4.78, 5) is 11.5. The maximum atomic E-state index is 12.6. The first-order chi connectivity index (χ1) is 9.77. The summed E-state index contributed by atoms with van der Waals surface area (Å²) < 4.78 is 38.5. The Morgan fingerprint density at radius 3 is 2.62 bits per heavy atom. The average Bonchev–Trinajstić information content (AvgIpc) is 2.85. The number of anilines is 1. The van der Waals surface area contributed by atoms with E-state index in [-0.39, 0.29) is 12.1 Å². The van der Waals surface area contributed by atoms with Crippen molar-refractivity contribution in [2.75, 3.05) is 5.32 Å². The number of halogens is 4. The van der Waals surface area contributed by atoms with Crippen LogP contribution in [0.1, 0.15) is 20.8 Å². The van der Waals surface area contributed by atoms with Crippen molar-refractivity contribution in [3.05, 3.63) is 50.1 Å². The number of hydrogen-bond donors (Lipinski definition) is 2. The lowest BCUT2D eigenvalue weighted by molar-refractivity contribution is -0.137. The van der Waals surface area contributed by atoms with Crippen LogP contribution in [-0.2, 0) is 12.7 Å². The van der Waals surface area contributed by atoms with Gasteiger partial charge in [-0.3, -0.25) is 0 Å². The van der Waals surface area contributed by atoms with Gasteiger partial charge in [0.15, 0.2) is 0 Å². The highest BCUT2D eigenvalue weighted by atomic mass is 79.9. The number of aromatic carboxylic acids is 1. The van der Waals surface area contributed by atoms with Crippen molar-refractivity contribution in [1.29, 1.82) is 0 Å². The molecular weight excluding hydrogens is 371 g/mol. The molecule has 0 saturated heterocycles. The van der Waals surface area contributed by atoms with E-state index >= 15 is 0 Å². The summed E-state index contributed by atoms with van der Waals surface area (Å²) in [5.41, 5.74) is -0.277. The van der Waals surface area contributed by atoms with Gasteiger partial charge in [-0.1, -0.05) is 0 Å². The first-order valence-corrected chi connectivity index (χ1v) is 7.36. The minimum Gasteiger partial charge on any atom is -0.478 e. The lowest BCUT2D eigenvalue weighted by atomic mass is 10.2. The fraction of sp³-hybridized carbons (Fsp3) is 0.154. The van der Waals surface area contributed by atoms with Crippen molar-refractivity contribution in [2.45, 2.75) is 12.7 Å². The van der Waals surface area contributed by atoms with Crippen LogP contribution in [0.2, 0.25) is 0 Å². The molecule has 1 heterocycles. The fourth-order valence-corrected chi connectivity index (χ4v) is 2.79. The molecule has 0 fully saturated rings. The van der Waals surface area contributed by atoms with Crippen molar-refractivity contribution < 1.29 is 23.1 Å². The van der Waals surface area contributed by atoms with E-state index in [0.717, 1.165) is 17.0 Å². The van der Waals surface area contributed by atoms with Crippen LogP contribution in [0.15, 0.2) is 34.1 Å².